The molecule has 5 fully saturated rings. The largest absolute Gasteiger partial charge is 0.550 e. The van der Waals surface area contributed by atoms with E-state index in [9.17, 15) is 35.1 Å². The molecule has 6 aliphatic rings. The fraction of sp³-hybridized carbons (Fsp3) is 0.889. The Morgan fingerprint density at radius 1 is 0.844 bits per heavy atom. The van der Waals surface area contributed by atoms with Crippen molar-refractivity contribution in [2.75, 3.05) is 0 Å². The maximum absolute atomic E-state index is 12.8. The Labute approximate surface area is 267 Å². The molecule has 254 valence electrons. The van der Waals surface area contributed by atoms with Gasteiger partial charge >= 0.3 is 0 Å². The summed E-state index contributed by atoms with van der Waals surface area (Å²) in [5, 5.41) is 55.5. The highest BCUT2D eigenvalue weighted by Gasteiger charge is 2.69. The molecular weight excluding hydrogens is 576 g/mol. The molecule has 1 saturated heterocycles. The zero-order chi connectivity index (χ0) is 33.1. The van der Waals surface area contributed by atoms with Gasteiger partial charge in [0, 0.05) is 11.4 Å². The SMILES string of the molecule is CC1(C)CC[C@]2(C(=O)[O-])CC[C@]3(C)C(=CC[C@@H]4[C@@]5(C)CC[C@H](O[C@@H]6O[C@H](C(=O)[O-])[C@@H](O)[C@H](O)[C@H]6O)C(C)(C)[C@@H]5CC[C@]43C)[C@@H]2C1. The number of hydrogen-bond donors (Lipinski definition) is 3. The van der Waals surface area contributed by atoms with Gasteiger partial charge in [-0.15, -0.1) is 0 Å². The number of allylic oxidation sites excluding steroid dienone is 2. The van der Waals surface area contributed by atoms with Gasteiger partial charge in [0.1, 0.15) is 24.4 Å². The molecule has 0 aromatic rings. The molecule has 0 aromatic heterocycles. The Balaban J connectivity index is 1.29. The summed E-state index contributed by atoms with van der Waals surface area (Å²) in [5.41, 5.74) is 0.210. The lowest BCUT2D eigenvalue weighted by atomic mass is 9.33. The molecule has 9 nitrogen and oxygen atoms in total. The van der Waals surface area contributed by atoms with Gasteiger partial charge in [-0.2, -0.15) is 0 Å². The number of fused-ring (bicyclic) bond motifs is 7. The van der Waals surface area contributed by atoms with Crippen LogP contribution in [0.2, 0.25) is 0 Å². The average molecular weight is 631 g/mol. The van der Waals surface area contributed by atoms with E-state index in [4.69, 9.17) is 9.47 Å². The van der Waals surface area contributed by atoms with E-state index < -0.39 is 48.1 Å². The monoisotopic (exact) mass is 630 g/mol. The van der Waals surface area contributed by atoms with Gasteiger partial charge in [-0.3, -0.25) is 0 Å². The molecule has 0 spiro atoms. The second-order valence-electron chi connectivity index (χ2n) is 17.9. The van der Waals surface area contributed by atoms with Crippen molar-refractivity contribution in [2.24, 2.45) is 50.2 Å². The fourth-order valence-electron chi connectivity index (χ4n) is 12.1. The molecule has 1 heterocycles. The lowest BCUT2D eigenvalue weighted by Crippen LogP contribution is -2.67. The minimum Gasteiger partial charge on any atom is -0.550 e. The highest BCUT2D eigenvalue weighted by atomic mass is 16.7. The molecule has 9 heteroatoms. The van der Waals surface area contributed by atoms with Crippen LogP contribution >= 0.6 is 0 Å². The molecule has 5 aliphatic carbocycles. The van der Waals surface area contributed by atoms with Crippen LogP contribution in [0, 0.1) is 50.2 Å². The van der Waals surface area contributed by atoms with Gasteiger partial charge in [0.05, 0.1) is 12.1 Å². The van der Waals surface area contributed by atoms with Crippen molar-refractivity contribution in [3.8, 4) is 0 Å². The first-order valence-electron chi connectivity index (χ1n) is 17.2. The second kappa shape index (κ2) is 10.5. The van der Waals surface area contributed by atoms with E-state index in [2.05, 4.69) is 54.5 Å². The van der Waals surface area contributed by atoms with Crippen LogP contribution in [-0.2, 0) is 19.1 Å². The van der Waals surface area contributed by atoms with Gasteiger partial charge in [-0.1, -0.05) is 60.1 Å². The lowest BCUT2D eigenvalue weighted by molar-refractivity contribution is -0.359. The minimum absolute atomic E-state index is 0.00355. The normalized spacial score (nSPS) is 51.9. The van der Waals surface area contributed by atoms with E-state index >= 15 is 0 Å². The van der Waals surface area contributed by atoms with Crippen LogP contribution in [-0.4, -0.2) is 64.1 Å². The van der Waals surface area contributed by atoms with Gasteiger partial charge in [-0.05, 0) is 109 Å². The predicted octanol–water partition coefficient (Wildman–Crippen LogP) is 2.48. The van der Waals surface area contributed by atoms with Crippen LogP contribution < -0.4 is 10.2 Å². The smallest absolute Gasteiger partial charge is 0.187 e. The molecule has 0 bridgehead atoms. The van der Waals surface area contributed by atoms with Crippen LogP contribution in [0.3, 0.4) is 0 Å². The third-order valence-electron chi connectivity index (χ3n) is 15.1. The first-order valence-corrected chi connectivity index (χ1v) is 17.2. The molecule has 6 rings (SSSR count). The summed E-state index contributed by atoms with van der Waals surface area (Å²) >= 11 is 0. The lowest BCUT2D eigenvalue weighted by Gasteiger charge is -2.71. The Hall–Kier alpha value is -1.52. The maximum Gasteiger partial charge on any atom is 0.187 e. The number of ether oxygens (including phenoxy) is 2. The van der Waals surface area contributed by atoms with Crippen molar-refractivity contribution in [3.63, 3.8) is 0 Å². The zero-order valence-corrected chi connectivity index (χ0v) is 28.1. The van der Waals surface area contributed by atoms with Crippen LogP contribution in [0.1, 0.15) is 113 Å². The molecule has 3 N–H and O–H groups in total. The van der Waals surface area contributed by atoms with E-state index in [0.717, 1.165) is 44.9 Å². The summed E-state index contributed by atoms with van der Waals surface area (Å²) in [5.74, 6) is -1.86. The zero-order valence-electron chi connectivity index (χ0n) is 28.1. The first kappa shape index (κ1) is 33.4. The van der Waals surface area contributed by atoms with Gasteiger partial charge in [-0.25, -0.2) is 0 Å². The van der Waals surface area contributed by atoms with Crippen molar-refractivity contribution < 1.29 is 44.6 Å². The summed E-state index contributed by atoms with van der Waals surface area (Å²) in [6.45, 7) is 16.2. The third kappa shape index (κ3) is 4.57. The quantitative estimate of drug-likeness (QED) is 0.313. The van der Waals surface area contributed by atoms with Gasteiger partial charge < -0.3 is 44.6 Å². The van der Waals surface area contributed by atoms with E-state index in [0.29, 0.717) is 25.2 Å². The number of carbonyl (C=O) groups excluding carboxylic acids is 2. The standard InChI is InChI=1S/C36H56O9/c1-31(2)14-16-36(30(42)43)17-15-34(6)19(20(36)18-31)8-9-22-33(5)12-11-23(32(3,4)21(33)10-13-35(22,34)7)44-29-26(39)24(37)25(38)27(45-29)28(40)41/h8,20-27,29,37-39H,9-18H2,1-7H3,(H,40,41)(H,42,43)/p-2/t20-,21-,22+,23-,24-,25-,26+,27-,29+,33-,34+,35+,36-/m0/s1. The summed E-state index contributed by atoms with van der Waals surface area (Å²) in [7, 11) is 0. The minimum atomic E-state index is -1.81. The molecule has 1 aliphatic heterocycles. The van der Waals surface area contributed by atoms with Crippen LogP contribution in [0.5, 0.6) is 0 Å². The molecule has 4 saturated carbocycles. The highest BCUT2D eigenvalue weighted by molar-refractivity contribution is 5.74. The number of aliphatic hydroxyl groups excluding tert-OH is 3. The Morgan fingerprint density at radius 3 is 2.16 bits per heavy atom. The molecule has 45 heavy (non-hydrogen) atoms. The number of rotatable bonds is 4. The van der Waals surface area contributed by atoms with Gasteiger partial charge in [0.25, 0.3) is 0 Å². The summed E-state index contributed by atoms with van der Waals surface area (Å²) in [6.07, 6.45) is 2.19. The Kier molecular flexibility index (Phi) is 7.78. The second-order valence-corrected chi connectivity index (χ2v) is 17.9. The third-order valence-corrected chi connectivity index (χ3v) is 15.1. The van der Waals surface area contributed by atoms with Crippen LogP contribution in [0.25, 0.3) is 0 Å². The van der Waals surface area contributed by atoms with Crippen molar-refractivity contribution in [1.29, 1.82) is 0 Å². The first-order chi connectivity index (χ1) is 20.7. The number of carbonyl (C=O) groups is 2. The molecule has 0 amide bonds. The topological polar surface area (TPSA) is 159 Å². The summed E-state index contributed by atoms with van der Waals surface area (Å²) in [6, 6.07) is 0. The van der Waals surface area contributed by atoms with Crippen molar-refractivity contribution >= 4 is 11.9 Å². The Bertz CT molecular complexity index is 1260. The number of aliphatic hydroxyl groups is 3. The average Bonchev–Trinajstić information content (AvgIpc) is 2.94. The van der Waals surface area contributed by atoms with Crippen molar-refractivity contribution in [1.82, 2.24) is 0 Å². The maximum atomic E-state index is 12.8. The highest BCUT2D eigenvalue weighted by Crippen LogP contribution is 2.75. The molecular formula is C36H54O9-2. The van der Waals surface area contributed by atoms with Crippen LogP contribution in [0.15, 0.2) is 11.6 Å². The number of carboxylic acids is 2. The van der Waals surface area contributed by atoms with E-state index in [1.54, 1.807) is 0 Å². The fourth-order valence-corrected chi connectivity index (χ4v) is 12.1. The molecule has 0 radical (unpaired) electrons. The van der Waals surface area contributed by atoms with E-state index in [-0.39, 0.29) is 45.0 Å². The molecule has 0 unspecified atom stereocenters. The van der Waals surface area contributed by atoms with Gasteiger partial charge in [0.2, 0.25) is 0 Å². The van der Waals surface area contributed by atoms with E-state index in [1.807, 2.05) is 0 Å². The number of carboxylic acid groups (broad SMARTS) is 2. The van der Waals surface area contributed by atoms with E-state index in [1.165, 1.54) is 5.57 Å². The van der Waals surface area contributed by atoms with Crippen LogP contribution in [0.4, 0.5) is 0 Å². The molecule has 13 atom stereocenters. The Morgan fingerprint density at radius 2 is 1.51 bits per heavy atom. The predicted molar refractivity (Wildman–Crippen MR) is 161 cm³/mol. The summed E-state index contributed by atoms with van der Waals surface area (Å²) in [4.78, 5) is 24.4. The molecule has 0 aromatic carbocycles. The number of hydrogen-bond acceptors (Lipinski definition) is 9. The number of aliphatic carboxylic acids is 2. The van der Waals surface area contributed by atoms with Crippen molar-refractivity contribution in [2.45, 2.75) is 149 Å². The summed E-state index contributed by atoms with van der Waals surface area (Å²) < 4.78 is 11.8. The van der Waals surface area contributed by atoms with Gasteiger partial charge in [0.15, 0.2) is 6.29 Å². The van der Waals surface area contributed by atoms with Crippen molar-refractivity contribution in [3.05, 3.63) is 11.6 Å².